The van der Waals surface area contributed by atoms with Crippen LogP contribution >= 0.6 is 0 Å². The van der Waals surface area contributed by atoms with Gasteiger partial charge < -0.3 is 64.0 Å². The normalized spacial score (nSPS) is 12.3. The Morgan fingerprint density at radius 2 is 0.649 bits per heavy atom. The van der Waals surface area contributed by atoms with Gasteiger partial charge in [-0.05, 0) is 182 Å². The molecule has 0 saturated heterocycles. The molecule has 0 radical (unpaired) electrons. The zero-order chi connectivity index (χ0) is 57.0. The maximum Gasteiger partial charge on any atom is 0.410 e. The second-order valence-electron chi connectivity index (χ2n) is 24.9. The maximum atomic E-state index is 14.1. The predicted octanol–water partition coefficient (Wildman–Crippen LogP) is 10.6. The van der Waals surface area contributed by atoms with Gasteiger partial charge in [-0.2, -0.15) is 0 Å². The number of hydrogen-bond acceptors (Lipinski definition) is 13. The zero-order valence-corrected chi connectivity index (χ0v) is 49.3. The van der Waals surface area contributed by atoms with Crippen molar-refractivity contribution in [2.24, 2.45) is 5.92 Å². The Bertz CT molecular complexity index is 1560. The molecule has 0 saturated carbocycles. The molecule has 0 atom stereocenters. The summed E-state index contributed by atoms with van der Waals surface area (Å²) in [5.74, 6) is -0.199. The highest BCUT2D eigenvalue weighted by molar-refractivity contribution is 5.70. The SMILES string of the molecule is CC(C)(C)OC(=O)NCCCN(CCCCN(CC(CCCCCCNC=O)CN(CCCCN(CCCNC(=O)OC(C)(C)C)C(=O)OC(C)(C)C)C(=O)OC(C)(C)C)C(=O)OC(C)(C)C)C(=O)OC(C)(C)C. The van der Waals surface area contributed by atoms with Crippen LogP contribution < -0.4 is 16.0 Å². The van der Waals surface area contributed by atoms with Crippen molar-refractivity contribution in [1.82, 2.24) is 35.6 Å². The second-order valence-corrected chi connectivity index (χ2v) is 24.9. The smallest absolute Gasteiger partial charge is 0.410 e. The highest BCUT2D eigenvalue weighted by Gasteiger charge is 2.30. The summed E-state index contributed by atoms with van der Waals surface area (Å²) in [6, 6.07) is 0. The van der Waals surface area contributed by atoms with Gasteiger partial charge in [-0.1, -0.05) is 19.3 Å². The minimum absolute atomic E-state index is 0.199. The Morgan fingerprint density at radius 3 is 0.959 bits per heavy atom. The molecule has 20 nitrogen and oxygen atoms in total. The van der Waals surface area contributed by atoms with E-state index >= 15 is 0 Å². The lowest BCUT2D eigenvalue weighted by atomic mass is 9.98. The number of nitrogens with zero attached hydrogens (tertiary/aromatic N) is 4. The summed E-state index contributed by atoms with van der Waals surface area (Å²) in [6.07, 6.45) is 4.74. The van der Waals surface area contributed by atoms with Gasteiger partial charge in [0.05, 0.1) is 0 Å². The van der Waals surface area contributed by atoms with Gasteiger partial charge in [0.2, 0.25) is 6.41 Å². The number of carbonyl (C=O) groups excluding carboxylic acids is 7. The van der Waals surface area contributed by atoms with Crippen LogP contribution in [0.4, 0.5) is 28.8 Å². The lowest BCUT2D eigenvalue weighted by Gasteiger charge is -2.34. The van der Waals surface area contributed by atoms with E-state index in [0.29, 0.717) is 110 Å². The molecule has 0 heterocycles. The van der Waals surface area contributed by atoms with E-state index in [0.717, 1.165) is 25.7 Å². The van der Waals surface area contributed by atoms with Crippen LogP contribution in [0.15, 0.2) is 0 Å². The molecule has 7 amide bonds. The van der Waals surface area contributed by atoms with Crippen molar-refractivity contribution in [2.45, 2.75) is 229 Å². The molecular weight excluding hydrogens is 955 g/mol. The molecule has 0 spiro atoms. The van der Waals surface area contributed by atoms with Crippen LogP contribution in [0, 0.1) is 5.92 Å². The molecule has 0 aliphatic heterocycles. The van der Waals surface area contributed by atoms with Crippen LogP contribution in [0.25, 0.3) is 0 Å². The Hall–Kier alpha value is -4.91. The first-order valence-corrected chi connectivity index (χ1v) is 26.9. The van der Waals surface area contributed by atoms with Gasteiger partial charge in [-0.15, -0.1) is 0 Å². The van der Waals surface area contributed by atoms with Crippen LogP contribution in [0.5, 0.6) is 0 Å². The van der Waals surface area contributed by atoms with Crippen molar-refractivity contribution in [1.29, 1.82) is 0 Å². The zero-order valence-electron chi connectivity index (χ0n) is 49.3. The Balaban J connectivity index is 6.53. The number of rotatable bonds is 30. The van der Waals surface area contributed by atoms with Gasteiger partial charge in [0.1, 0.15) is 33.6 Å². The van der Waals surface area contributed by atoms with E-state index < -0.39 is 70.2 Å². The highest BCUT2D eigenvalue weighted by atomic mass is 16.6. The Kier molecular flexibility index (Phi) is 31.0. The fourth-order valence-electron chi connectivity index (χ4n) is 7.10. The Labute approximate surface area is 446 Å². The van der Waals surface area contributed by atoms with Crippen LogP contribution in [0.3, 0.4) is 0 Å². The first-order valence-electron chi connectivity index (χ1n) is 26.9. The summed E-state index contributed by atoms with van der Waals surface area (Å²) < 4.78 is 34.1. The van der Waals surface area contributed by atoms with Crippen molar-refractivity contribution in [2.75, 3.05) is 72.0 Å². The standard InChI is InChI=1S/C54H103N7O13/c1-49(2,3)69-43(63)56-31-27-37-58(45(65)71-51(7,8)9)33-23-25-35-60(47(67)73-53(13,14)15)39-42(29-21-19-20-22-30-55-41-62)40-61(48(68)74-54(16,17)18)36-26-24-34-59(46(66)72-52(10,11)12)38-28-32-57-44(64)70-50(4,5)6/h41-42H,19-40H2,1-18H3,(H,55,62)(H,56,63)(H,57,64). The van der Waals surface area contributed by atoms with Crippen molar-refractivity contribution >= 4 is 43.0 Å². The number of nitrogens with one attached hydrogen (secondary N) is 3. The number of ether oxygens (including phenoxy) is 6. The lowest BCUT2D eigenvalue weighted by Crippen LogP contribution is -2.45. The Morgan fingerprint density at radius 1 is 0.365 bits per heavy atom. The van der Waals surface area contributed by atoms with Gasteiger partial charge in [-0.3, -0.25) is 4.79 Å². The molecule has 3 N–H and O–H groups in total. The number of alkyl carbamates (subject to hydrolysis) is 2. The predicted molar refractivity (Wildman–Crippen MR) is 288 cm³/mol. The molecule has 0 rings (SSSR count). The van der Waals surface area contributed by atoms with E-state index in [1.54, 1.807) is 103 Å². The number of hydrogen-bond donors (Lipinski definition) is 3. The third-order valence-corrected chi connectivity index (χ3v) is 10.1. The summed E-state index contributed by atoms with van der Waals surface area (Å²) >= 11 is 0. The third kappa shape index (κ3) is 39.5. The van der Waals surface area contributed by atoms with Crippen molar-refractivity contribution in [3.05, 3.63) is 0 Å². The van der Waals surface area contributed by atoms with Crippen LogP contribution in [0.2, 0.25) is 0 Å². The van der Waals surface area contributed by atoms with Gasteiger partial charge in [0.25, 0.3) is 0 Å². The van der Waals surface area contributed by atoms with Crippen LogP contribution in [-0.2, 0) is 33.2 Å². The quantitative estimate of drug-likeness (QED) is 0.0346. The van der Waals surface area contributed by atoms with Gasteiger partial charge in [-0.25, -0.2) is 28.8 Å². The summed E-state index contributed by atoms with van der Waals surface area (Å²) in [7, 11) is 0. The first kappa shape index (κ1) is 69.1. The average Bonchev–Trinajstić information content (AvgIpc) is 3.19. The molecule has 0 unspecified atom stereocenters. The largest absolute Gasteiger partial charge is 0.444 e. The molecule has 0 aromatic rings. The lowest BCUT2D eigenvalue weighted by molar-refractivity contribution is -0.109. The first-order chi connectivity index (χ1) is 33.9. The van der Waals surface area contributed by atoms with Crippen molar-refractivity contribution in [3.63, 3.8) is 0 Å². The van der Waals surface area contributed by atoms with E-state index in [-0.39, 0.29) is 19.0 Å². The second kappa shape index (κ2) is 33.2. The molecule has 0 aromatic carbocycles. The average molecular weight is 1060 g/mol. The molecule has 0 fully saturated rings. The third-order valence-electron chi connectivity index (χ3n) is 10.1. The van der Waals surface area contributed by atoms with E-state index in [1.807, 2.05) is 41.5 Å². The molecule has 74 heavy (non-hydrogen) atoms. The van der Waals surface area contributed by atoms with E-state index in [2.05, 4.69) is 16.0 Å². The number of amides is 7. The summed E-state index contributed by atoms with van der Waals surface area (Å²) in [5, 5.41) is 8.19. The number of unbranched alkanes of at least 4 members (excludes halogenated alkanes) is 5. The minimum atomic E-state index is -0.786. The van der Waals surface area contributed by atoms with Gasteiger partial charge in [0, 0.05) is 72.0 Å². The highest BCUT2D eigenvalue weighted by Crippen LogP contribution is 2.21. The maximum absolute atomic E-state index is 14.1. The van der Waals surface area contributed by atoms with Crippen LogP contribution in [-0.4, -0.2) is 168 Å². The summed E-state index contributed by atoms with van der Waals surface area (Å²) in [6.45, 7) is 36.0. The minimum Gasteiger partial charge on any atom is -0.444 e. The van der Waals surface area contributed by atoms with E-state index in [4.69, 9.17) is 28.4 Å². The monoisotopic (exact) mass is 1060 g/mol. The van der Waals surface area contributed by atoms with E-state index in [9.17, 15) is 33.6 Å². The van der Waals surface area contributed by atoms with Crippen LogP contribution in [0.1, 0.15) is 195 Å². The molecule has 20 heteroatoms. The molecule has 0 bridgehead atoms. The van der Waals surface area contributed by atoms with Gasteiger partial charge in [0.15, 0.2) is 0 Å². The molecular formula is C54H103N7O13. The fraction of sp³-hybridized carbons (Fsp3) is 0.870. The molecule has 432 valence electrons. The van der Waals surface area contributed by atoms with E-state index in [1.165, 1.54) is 0 Å². The van der Waals surface area contributed by atoms with Crippen molar-refractivity contribution < 1.29 is 62.0 Å². The molecule has 0 aliphatic carbocycles. The number of carbonyl (C=O) groups is 7. The summed E-state index contributed by atoms with van der Waals surface area (Å²) in [4.78, 5) is 96.8. The molecule has 0 aromatic heterocycles. The topological polar surface area (TPSA) is 224 Å². The van der Waals surface area contributed by atoms with Crippen molar-refractivity contribution in [3.8, 4) is 0 Å². The van der Waals surface area contributed by atoms with Gasteiger partial charge >= 0.3 is 36.6 Å². The fourth-order valence-corrected chi connectivity index (χ4v) is 7.10. The summed E-state index contributed by atoms with van der Waals surface area (Å²) in [5.41, 5.74) is -4.31. The molecule has 0 aliphatic rings.